The molecule has 136 valence electrons. The molecule has 4 nitrogen and oxygen atoms in total. The number of benzene rings is 2. The summed E-state index contributed by atoms with van der Waals surface area (Å²) in [4.78, 5) is 0. The van der Waals surface area contributed by atoms with Crippen molar-refractivity contribution in [2.75, 3.05) is 26.7 Å². The second-order valence-electron chi connectivity index (χ2n) is 6.11. The van der Waals surface area contributed by atoms with Crippen LogP contribution in [0, 0.1) is 6.92 Å². The smallest absolute Gasteiger partial charge is 0.166 e. The van der Waals surface area contributed by atoms with Gasteiger partial charge in [-0.1, -0.05) is 48.9 Å². The van der Waals surface area contributed by atoms with Gasteiger partial charge in [0.15, 0.2) is 11.5 Å². The zero-order chi connectivity index (χ0) is 17.9. The molecule has 2 aromatic carbocycles. The van der Waals surface area contributed by atoms with Crippen LogP contribution < -0.4 is 20.1 Å². The molecule has 0 amide bonds. The first-order chi connectivity index (χ1) is 12.2. The standard InChI is InChI=1S/C21H30N2O2/c1-4-22-13-6-14-23-15-19-7-5-8-20(24-3)21(19)25-16-18-11-9-17(2)10-12-18/h5,7-12,22-23H,4,6,13-16H2,1-3H3. The van der Waals surface area contributed by atoms with E-state index in [-0.39, 0.29) is 0 Å². The summed E-state index contributed by atoms with van der Waals surface area (Å²) in [5.74, 6) is 1.60. The van der Waals surface area contributed by atoms with Crippen molar-refractivity contribution in [3.63, 3.8) is 0 Å². The maximum atomic E-state index is 6.10. The number of rotatable bonds is 11. The third-order valence-electron chi connectivity index (χ3n) is 4.06. The number of aryl methyl sites for hydroxylation is 1. The van der Waals surface area contributed by atoms with E-state index in [0.29, 0.717) is 6.61 Å². The molecule has 4 heteroatoms. The maximum absolute atomic E-state index is 6.10. The number of para-hydroxylation sites is 1. The summed E-state index contributed by atoms with van der Waals surface area (Å²) in [6.45, 7) is 8.56. The van der Waals surface area contributed by atoms with Crippen molar-refractivity contribution in [2.45, 2.75) is 33.4 Å². The van der Waals surface area contributed by atoms with E-state index in [0.717, 1.165) is 55.2 Å². The van der Waals surface area contributed by atoms with E-state index in [1.54, 1.807) is 7.11 Å². The van der Waals surface area contributed by atoms with E-state index < -0.39 is 0 Å². The number of ether oxygens (including phenoxy) is 2. The summed E-state index contributed by atoms with van der Waals surface area (Å²) in [6.07, 6.45) is 1.11. The van der Waals surface area contributed by atoms with Gasteiger partial charge in [0.2, 0.25) is 0 Å². The highest BCUT2D eigenvalue weighted by molar-refractivity contribution is 5.46. The van der Waals surface area contributed by atoms with Crippen molar-refractivity contribution in [3.05, 3.63) is 59.2 Å². The van der Waals surface area contributed by atoms with Gasteiger partial charge in [-0.25, -0.2) is 0 Å². The van der Waals surface area contributed by atoms with Crippen molar-refractivity contribution in [1.82, 2.24) is 10.6 Å². The van der Waals surface area contributed by atoms with Crippen LogP contribution in [0.15, 0.2) is 42.5 Å². The lowest BCUT2D eigenvalue weighted by molar-refractivity contribution is 0.280. The van der Waals surface area contributed by atoms with Crippen molar-refractivity contribution >= 4 is 0 Å². The van der Waals surface area contributed by atoms with Gasteiger partial charge in [-0.15, -0.1) is 0 Å². The van der Waals surface area contributed by atoms with Crippen LogP contribution in [0.1, 0.15) is 30.0 Å². The van der Waals surface area contributed by atoms with Gasteiger partial charge in [-0.3, -0.25) is 0 Å². The lowest BCUT2D eigenvalue weighted by Crippen LogP contribution is -2.21. The second kappa shape index (κ2) is 10.7. The van der Waals surface area contributed by atoms with Crippen LogP contribution in [0.25, 0.3) is 0 Å². The molecule has 0 aromatic heterocycles. The van der Waals surface area contributed by atoms with Gasteiger partial charge in [-0.2, -0.15) is 0 Å². The van der Waals surface area contributed by atoms with Gasteiger partial charge in [0.25, 0.3) is 0 Å². The maximum Gasteiger partial charge on any atom is 0.166 e. The Labute approximate surface area is 151 Å². The predicted octanol–water partition coefficient (Wildman–Crippen LogP) is 3.67. The van der Waals surface area contributed by atoms with Crippen LogP contribution in [-0.4, -0.2) is 26.7 Å². The first-order valence-electron chi connectivity index (χ1n) is 9.00. The zero-order valence-corrected chi connectivity index (χ0v) is 15.6. The third-order valence-corrected chi connectivity index (χ3v) is 4.06. The lowest BCUT2D eigenvalue weighted by atomic mass is 10.1. The molecule has 0 fully saturated rings. The SMILES string of the molecule is CCNCCCNCc1cccc(OC)c1OCc1ccc(C)cc1. The Morgan fingerprint density at radius 3 is 2.44 bits per heavy atom. The van der Waals surface area contributed by atoms with E-state index in [4.69, 9.17) is 9.47 Å². The molecule has 0 atom stereocenters. The summed E-state index contributed by atoms with van der Waals surface area (Å²) in [5, 5.41) is 6.82. The van der Waals surface area contributed by atoms with Crippen molar-refractivity contribution in [2.24, 2.45) is 0 Å². The Morgan fingerprint density at radius 2 is 1.72 bits per heavy atom. The molecular formula is C21H30N2O2. The van der Waals surface area contributed by atoms with Crippen LogP contribution in [0.2, 0.25) is 0 Å². The van der Waals surface area contributed by atoms with Gasteiger partial charge in [-0.05, 0) is 44.6 Å². The molecule has 0 bridgehead atoms. The monoisotopic (exact) mass is 342 g/mol. The van der Waals surface area contributed by atoms with Gasteiger partial charge in [0.1, 0.15) is 6.61 Å². The van der Waals surface area contributed by atoms with Crippen LogP contribution in [0.5, 0.6) is 11.5 Å². The molecule has 0 radical (unpaired) electrons. The molecular weight excluding hydrogens is 312 g/mol. The fourth-order valence-electron chi connectivity index (χ4n) is 2.60. The van der Waals surface area contributed by atoms with Crippen molar-refractivity contribution in [1.29, 1.82) is 0 Å². The molecule has 0 aliphatic rings. The van der Waals surface area contributed by atoms with E-state index in [9.17, 15) is 0 Å². The Balaban J connectivity index is 1.96. The molecule has 0 saturated heterocycles. The Hall–Kier alpha value is -2.04. The first-order valence-corrected chi connectivity index (χ1v) is 9.00. The Bertz CT molecular complexity index is 626. The Morgan fingerprint density at radius 1 is 0.960 bits per heavy atom. The highest BCUT2D eigenvalue weighted by atomic mass is 16.5. The van der Waals surface area contributed by atoms with Crippen LogP contribution in [0.3, 0.4) is 0 Å². The normalized spacial score (nSPS) is 10.7. The lowest BCUT2D eigenvalue weighted by Gasteiger charge is -2.16. The molecule has 2 N–H and O–H groups in total. The molecule has 2 aromatic rings. The van der Waals surface area contributed by atoms with E-state index in [1.165, 1.54) is 5.56 Å². The van der Waals surface area contributed by atoms with E-state index in [2.05, 4.69) is 54.8 Å². The topological polar surface area (TPSA) is 42.5 Å². The molecule has 2 rings (SSSR count). The Kier molecular flexibility index (Phi) is 8.29. The van der Waals surface area contributed by atoms with Gasteiger partial charge in [0, 0.05) is 12.1 Å². The summed E-state index contributed by atoms with van der Waals surface area (Å²) in [7, 11) is 1.68. The molecule has 25 heavy (non-hydrogen) atoms. The van der Waals surface area contributed by atoms with E-state index >= 15 is 0 Å². The number of nitrogens with one attached hydrogen (secondary N) is 2. The molecule has 0 aliphatic heterocycles. The molecule has 0 unspecified atom stereocenters. The predicted molar refractivity (Wildman–Crippen MR) is 103 cm³/mol. The zero-order valence-electron chi connectivity index (χ0n) is 15.6. The highest BCUT2D eigenvalue weighted by Gasteiger charge is 2.10. The minimum Gasteiger partial charge on any atom is -0.493 e. The quantitative estimate of drug-likeness (QED) is 0.612. The summed E-state index contributed by atoms with van der Waals surface area (Å²) in [5.41, 5.74) is 3.53. The van der Waals surface area contributed by atoms with E-state index in [1.807, 2.05) is 12.1 Å². The largest absolute Gasteiger partial charge is 0.493 e. The van der Waals surface area contributed by atoms with Crippen molar-refractivity contribution < 1.29 is 9.47 Å². The summed E-state index contributed by atoms with van der Waals surface area (Å²) < 4.78 is 11.6. The number of methoxy groups -OCH3 is 1. The molecule has 0 spiro atoms. The second-order valence-corrected chi connectivity index (χ2v) is 6.11. The van der Waals surface area contributed by atoms with Gasteiger partial charge in [0.05, 0.1) is 7.11 Å². The highest BCUT2D eigenvalue weighted by Crippen LogP contribution is 2.31. The fraction of sp³-hybridized carbons (Fsp3) is 0.429. The fourth-order valence-corrected chi connectivity index (χ4v) is 2.60. The van der Waals surface area contributed by atoms with Gasteiger partial charge < -0.3 is 20.1 Å². The minimum atomic E-state index is 0.536. The summed E-state index contributed by atoms with van der Waals surface area (Å²) >= 11 is 0. The van der Waals surface area contributed by atoms with Crippen molar-refractivity contribution in [3.8, 4) is 11.5 Å². The molecule has 0 heterocycles. The van der Waals surface area contributed by atoms with Crippen LogP contribution in [0.4, 0.5) is 0 Å². The van der Waals surface area contributed by atoms with Crippen LogP contribution >= 0.6 is 0 Å². The summed E-state index contributed by atoms with van der Waals surface area (Å²) in [6, 6.07) is 14.4. The average Bonchev–Trinajstić information content (AvgIpc) is 2.64. The average molecular weight is 342 g/mol. The molecule has 0 saturated carbocycles. The minimum absolute atomic E-state index is 0.536. The van der Waals surface area contributed by atoms with Crippen LogP contribution in [-0.2, 0) is 13.2 Å². The third kappa shape index (κ3) is 6.40. The molecule has 0 aliphatic carbocycles. The van der Waals surface area contributed by atoms with Gasteiger partial charge >= 0.3 is 0 Å². The number of hydrogen-bond donors (Lipinski definition) is 2. The first kappa shape index (κ1) is 19.3. The number of hydrogen-bond acceptors (Lipinski definition) is 4.